The number of ether oxygens (including phenoxy) is 3. The van der Waals surface area contributed by atoms with Crippen molar-refractivity contribution in [3.63, 3.8) is 0 Å². The number of aliphatic imine (C=N–C) groups is 1. The van der Waals surface area contributed by atoms with Crippen molar-refractivity contribution in [3.8, 4) is 11.5 Å². The zero-order valence-electron chi connectivity index (χ0n) is 17.7. The molecule has 0 unspecified atom stereocenters. The predicted molar refractivity (Wildman–Crippen MR) is 146 cm³/mol. The highest BCUT2D eigenvalue weighted by molar-refractivity contribution is 14.1. The Labute approximate surface area is 224 Å². The molecule has 4 rings (SSSR count). The van der Waals surface area contributed by atoms with Crippen LogP contribution >= 0.6 is 56.8 Å². The van der Waals surface area contributed by atoms with Gasteiger partial charge in [-0.15, -0.1) is 0 Å². The van der Waals surface area contributed by atoms with Crippen LogP contribution in [0.5, 0.6) is 11.5 Å². The van der Waals surface area contributed by atoms with Gasteiger partial charge < -0.3 is 14.2 Å². The Kier molecular flexibility index (Phi) is 7.60. The van der Waals surface area contributed by atoms with Crippen LogP contribution in [0.25, 0.3) is 6.08 Å². The van der Waals surface area contributed by atoms with Crippen LogP contribution in [0.1, 0.15) is 22.3 Å². The molecule has 0 saturated heterocycles. The van der Waals surface area contributed by atoms with Crippen molar-refractivity contribution < 1.29 is 19.0 Å². The molecule has 1 aliphatic heterocycles. The summed E-state index contributed by atoms with van der Waals surface area (Å²) in [5.41, 5.74) is 3.68. The van der Waals surface area contributed by atoms with Crippen molar-refractivity contribution in [2.24, 2.45) is 4.99 Å². The molecule has 0 radical (unpaired) electrons. The standard InChI is InChI=1S/C25H18ClI2NO4/c1-14-9-17(5-8-20(14)28)24-29-21(25(30)33-24)11-16-10-19(26)23(22(12-16)31-2)32-13-15-3-6-18(27)7-4-15/h3-12H,13H2,1-2H3/b21-11-. The number of esters is 1. The van der Waals surface area contributed by atoms with Crippen LogP contribution in [0.4, 0.5) is 0 Å². The summed E-state index contributed by atoms with van der Waals surface area (Å²) in [5, 5.41) is 0.371. The van der Waals surface area contributed by atoms with Gasteiger partial charge in [-0.3, -0.25) is 0 Å². The van der Waals surface area contributed by atoms with E-state index < -0.39 is 5.97 Å². The molecule has 0 amide bonds. The van der Waals surface area contributed by atoms with Gasteiger partial charge in [-0.1, -0.05) is 23.7 Å². The highest BCUT2D eigenvalue weighted by Crippen LogP contribution is 2.38. The molecular weight excluding hydrogens is 668 g/mol. The van der Waals surface area contributed by atoms with E-state index in [2.05, 4.69) is 50.2 Å². The number of aryl methyl sites for hydroxylation is 1. The van der Waals surface area contributed by atoms with Crippen LogP contribution in [-0.2, 0) is 16.1 Å². The quantitative estimate of drug-likeness (QED) is 0.163. The number of cyclic esters (lactones) is 1. The second-order valence-electron chi connectivity index (χ2n) is 7.25. The zero-order chi connectivity index (χ0) is 23.5. The molecule has 0 atom stereocenters. The van der Waals surface area contributed by atoms with E-state index in [9.17, 15) is 4.79 Å². The first kappa shape index (κ1) is 24.0. The van der Waals surface area contributed by atoms with Crippen LogP contribution < -0.4 is 9.47 Å². The number of nitrogens with zero attached hydrogens (tertiary/aromatic N) is 1. The van der Waals surface area contributed by atoms with Gasteiger partial charge in [-0.2, -0.15) is 0 Å². The number of benzene rings is 3. The molecule has 0 saturated carbocycles. The summed E-state index contributed by atoms with van der Waals surface area (Å²) in [6, 6.07) is 17.3. The van der Waals surface area contributed by atoms with Gasteiger partial charge in [0.05, 0.1) is 12.1 Å². The summed E-state index contributed by atoms with van der Waals surface area (Å²) in [4.78, 5) is 16.8. The van der Waals surface area contributed by atoms with Crippen LogP contribution in [0.3, 0.4) is 0 Å². The summed E-state index contributed by atoms with van der Waals surface area (Å²) in [5.74, 6) is 0.660. The maximum Gasteiger partial charge on any atom is 0.363 e. The van der Waals surface area contributed by atoms with Crippen molar-refractivity contribution in [2.75, 3.05) is 7.11 Å². The minimum atomic E-state index is -0.518. The van der Waals surface area contributed by atoms with Gasteiger partial charge in [-0.05, 0) is 117 Å². The molecule has 1 heterocycles. The van der Waals surface area contributed by atoms with E-state index in [0.29, 0.717) is 28.7 Å². The van der Waals surface area contributed by atoms with E-state index in [4.69, 9.17) is 25.8 Å². The Morgan fingerprint density at radius 1 is 1.09 bits per heavy atom. The molecule has 33 heavy (non-hydrogen) atoms. The van der Waals surface area contributed by atoms with E-state index in [1.807, 2.05) is 49.4 Å². The molecule has 0 bridgehead atoms. The number of halogens is 3. The molecule has 0 N–H and O–H groups in total. The molecule has 3 aromatic rings. The Morgan fingerprint density at radius 3 is 2.55 bits per heavy atom. The van der Waals surface area contributed by atoms with Gasteiger partial charge in [0.2, 0.25) is 5.90 Å². The van der Waals surface area contributed by atoms with Gasteiger partial charge in [0, 0.05) is 12.7 Å². The Balaban J connectivity index is 1.59. The second-order valence-corrected chi connectivity index (χ2v) is 10.1. The largest absolute Gasteiger partial charge is 0.493 e. The first-order valence-electron chi connectivity index (χ1n) is 9.88. The highest BCUT2D eigenvalue weighted by Gasteiger charge is 2.25. The maximum absolute atomic E-state index is 12.4. The first-order chi connectivity index (χ1) is 15.8. The fourth-order valence-electron chi connectivity index (χ4n) is 3.17. The molecule has 0 fully saturated rings. The Morgan fingerprint density at radius 2 is 1.85 bits per heavy atom. The van der Waals surface area contributed by atoms with Crippen LogP contribution in [0.15, 0.2) is 65.3 Å². The smallest absolute Gasteiger partial charge is 0.363 e. The third-order valence-corrected chi connectivity index (χ3v) is 7.09. The lowest BCUT2D eigenvalue weighted by atomic mass is 10.1. The summed E-state index contributed by atoms with van der Waals surface area (Å²) < 4.78 is 19.1. The van der Waals surface area contributed by atoms with Gasteiger partial charge in [-0.25, -0.2) is 9.79 Å². The average Bonchev–Trinajstić information content (AvgIpc) is 3.15. The molecule has 1 aliphatic rings. The Bertz CT molecular complexity index is 1290. The number of hydrogen-bond acceptors (Lipinski definition) is 5. The van der Waals surface area contributed by atoms with Crippen molar-refractivity contribution in [1.82, 2.24) is 0 Å². The second kappa shape index (κ2) is 10.4. The van der Waals surface area contributed by atoms with Gasteiger partial charge in [0.25, 0.3) is 0 Å². The Hall–Kier alpha value is -2.11. The van der Waals surface area contributed by atoms with Gasteiger partial charge >= 0.3 is 5.97 Å². The van der Waals surface area contributed by atoms with Gasteiger partial charge in [0.15, 0.2) is 17.2 Å². The molecule has 5 nitrogen and oxygen atoms in total. The fourth-order valence-corrected chi connectivity index (χ4v) is 4.14. The lowest BCUT2D eigenvalue weighted by Crippen LogP contribution is -2.05. The zero-order valence-corrected chi connectivity index (χ0v) is 22.8. The number of methoxy groups -OCH3 is 1. The van der Waals surface area contributed by atoms with Crippen molar-refractivity contribution in [2.45, 2.75) is 13.5 Å². The SMILES string of the molecule is COc1cc(/C=C2\N=C(c3ccc(I)c(C)c3)OC2=O)cc(Cl)c1OCc1ccc(I)cc1. The van der Waals surface area contributed by atoms with Crippen LogP contribution in [-0.4, -0.2) is 19.0 Å². The van der Waals surface area contributed by atoms with Gasteiger partial charge in [0.1, 0.15) is 6.61 Å². The molecule has 0 spiro atoms. The molecule has 0 aromatic heterocycles. The molecule has 8 heteroatoms. The molecule has 0 aliphatic carbocycles. The highest BCUT2D eigenvalue weighted by atomic mass is 127. The van der Waals surface area contributed by atoms with Crippen molar-refractivity contribution in [1.29, 1.82) is 0 Å². The molecular formula is C25H18ClI2NO4. The first-order valence-corrected chi connectivity index (χ1v) is 12.4. The lowest BCUT2D eigenvalue weighted by Gasteiger charge is -2.13. The van der Waals surface area contributed by atoms with E-state index in [-0.39, 0.29) is 11.6 Å². The van der Waals surface area contributed by atoms with E-state index in [1.165, 1.54) is 0 Å². The summed E-state index contributed by atoms with van der Waals surface area (Å²) in [6.45, 7) is 2.35. The summed E-state index contributed by atoms with van der Waals surface area (Å²) in [6.07, 6.45) is 1.62. The number of rotatable bonds is 6. The summed E-state index contributed by atoms with van der Waals surface area (Å²) in [7, 11) is 1.54. The average molecular weight is 686 g/mol. The van der Waals surface area contributed by atoms with Crippen molar-refractivity contribution in [3.05, 3.63) is 94.7 Å². The summed E-state index contributed by atoms with van der Waals surface area (Å²) >= 11 is 11.0. The molecule has 3 aromatic carbocycles. The number of carbonyl (C=O) groups excluding carboxylic acids is 1. The normalized spacial score (nSPS) is 14.3. The third-order valence-electron chi connectivity index (χ3n) is 4.88. The number of hydrogen-bond donors (Lipinski definition) is 0. The van der Waals surface area contributed by atoms with Crippen molar-refractivity contribution >= 4 is 74.7 Å². The lowest BCUT2D eigenvalue weighted by molar-refractivity contribution is -0.129. The predicted octanol–water partition coefficient (Wildman–Crippen LogP) is 6.79. The van der Waals surface area contributed by atoms with E-state index in [1.54, 1.807) is 25.3 Å². The van der Waals surface area contributed by atoms with Crippen LogP contribution in [0, 0.1) is 14.1 Å². The van der Waals surface area contributed by atoms with Crippen LogP contribution in [0.2, 0.25) is 5.02 Å². The fraction of sp³-hybridized carbons (Fsp3) is 0.120. The minimum absolute atomic E-state index is 0.187. The monoisotopic (exact) mass is 685 g/mol. The number of carbonyl (C=O) groups is 1. The van der Waals surface area contributed by atoms with E-state index in [0.717, 1.165) is 23.8 Å². The van der Waals surface area contributed by atoms with E-state index >= 15 is 0 Å². The minimum Gasteiger partial charge on any atom is -0.493 e. The molecule has 168 valence electrons. The topological polar surface area (TPSA) is 57.1 Å². The maximum atomic E-state index is 12.4. The third kappa shape index (κ3) is 5.70.